The molecule has 1 aromatic rings. The van der Waals surface area contributed by atoms with Crippen molar-refractivity contribution in [3.8, 4) is 0 Å². The molecule has 0 radical (unpaired) electrons. The maximum Gasteiger partial charge on any atom is 0.244 e. The van der Waals surface area contributed by atoms with Crippen molar-refractivity contribution < 1.29 is 14.4 Å². The summed E-state index contributed by atoms with van der Waals surface area (Å²) in [4.78, 5) is 40.4. The first kappa shape index (κ1) is 20.3. The van der Waals surface area contributed by atoms with Crippen LogP contribution in [0.2, 0.25) is 0 Å². The van der Waals surface area contributed by atoms with Gasteiger partial charge in [-0.3, -0.25) is 14.4 Å². The van der Waals surface area contributed by atoms with Gasteiger partial charge in [0.15, 0.2) is 0 Å². The molecule has 152 valence electrons. The van der Waals surface area contributed by atoms with Crippen molar-refractivity contribution in [1.29, 1.82) is 0 Å². The lowest BCUT2D eigenvalue weighted by atomic mass is 10.1. The van der Waals surface area contributed by atoms with Crippen LogP contribution in [-0.2, 0) is 14.4 Å². The van der Waals surface area contributed by atoms with Crippen molar-refractivity contribution in [3.05, 3.63) is 24.3 Å². The summed E-state index contributed by atoms with van der Waals surface area (Å²) in [6.07, 6.45) is 6.36. The summed E-state index contributed by atoms with van der Waals surface area (Å²) in [5.74, 6) is -0.536. The fourth-order valence-corrected chi connectivity index (χ4v) is 3.79. The minimum absolute atomic E-state index is 0.00665. The number of carbonyl (C=O) groups is 3. The summed E-state index contributed by atoms with van der Waals surface area (Å²) in [6, 6.07) is 7.21. The van der Waals surface area contributed by atoms with Crippen LogP contribution in [0, 0.1) is 0 Å². The van der Waals surface area contributed by atoms with Crippen molar-refractivity contribution in [2.75, 3.05) is 42.9 Å². The first-order valence-corrected chi connectivity index (χ1v) is 10.3. The molecule has 0 aromatic heterocycles. The number of hydrogen-bond acceptors (Lipinski definition) is 4. The number of hydrogen-bond donors (Lipinski definition) is 2. The third-order valence-electron chi connectivity index (χ3n) is 5.31. The van der Waals surface area contributed by atoms with E-state index in [0.29, 0.717) is 17.9 Å². The predicted molar refractivity (Wildman–Crippen MR) is 109 cm³/mol. The van der Waals surface area contributed by atoms with Gasteiger partial charge in [0.2, 0.25) is 17.7 Å². The Kier molecular flexibility index (Phi) is 7.42. The molecule has 2 aliphatic rings. The molecule has 0 aliphatic carbocycles. The average Bonchev–Trinajstić information content (AvgIpc) is 2.97. The molecule has 0 spiro atoms. The zero-order valence-corrected chi connectivity index (χ0v) is 16.4. The highest BCUT2D eigenvalue weighted by atomic mass is 16.2. The number of carbonyl (C=O) groups excluding carboxylic acids is 3. The molecule has 1 saturated heterocycles. The molecule has 0 saturated carbocycles. The highest BCUT2D eigenvalue weighted by molar-refractivity contribution is 6.10. The summed E-state index contributed by atoms with van der Waals surface area (Å²) >= 11 is 0. The molecule has 28 heavy (non-hydrogen) atoms. The van der Waals surface area contributed by atoms with Gasteiger partial charge in [-0.15, -0.1) is 0 Å². The van der Waals surface area contributed by atoms with E-state index in [2.05, 4.69) is 15.5 Å². The third-order valence-corrected chi connectivity index (χ3v) is 5.31. The van der Waals surface area contributed by atoms with Gasteiger partial charge in [-0.2, -0.15) is 0 Å². The number of para-hydroxylation sites is 2. The number of amides is 3. The van der Waals surface area contributed by atoms with E-state index in [-0.39, 0.29) is 37.1 Å². The Balaban J connectivity index is 1.37. The summed E-state index contributed by atoms with van der Waals surface area (Å²) in [6.45, 7) is 3.96. The Hall–Kier alpha value is -2.41. The van der Waals surface area contributed by atoms with Crippen LogP contribution < -0.4 is 15.5 Å². The SMILES string of the molecule is O=C(CCC(=O)N1CC(=O)Nc2ccccc21)NCCCN1CCCCCC1. The smallest absolute Gasteiger partial charge is 0.244 e. The van der Waals surface area contributed by atoms with Gasteiger partial charge in [0.05, 0.1) is 11.4 Å². The molecule has 2 aliphatic heterocycles. The number of nitrogens with one attached hydrogen (secondary N) is 2. The average molecular weight is 386 g/mol. The van der Waals surface area contributed by atoms with Gasteiger partial charge in [0.25, 0.3) is 0 Å². The summed E-state index contributed by atoms with van der Waals surface area (Å²) in [5.41, 5.74) is 1.31. The van der Waals surface area contributed by atoms with Crippen LogP contribution in [0.15, 0.2) is 24.3 Å². The molecule has 1 fully saturated rings. The van der Waals surface area contributed by atoms with E-state index in [1.807, 2.05) is 12.1 Å². The summed E-state index contributed by atoms with van der Waals surface area (Å²) in [5, 5.41) is 5.67. The minimum atomic E-state index is -0.218. The van der Waals surface area contributed by atoms with Gasteiger partial charge >= 0.3 is 0 Å². The van der Waals surface area contributed by atoms with Crippen LogP contribution in [0.1, 0.15) is 44.9 Å². The Bertz CT molecular complexity index is 699. The molecule has 2 heterocycles. The van der Waals surface area contributed by atoms with E-state index in [0.717, 1.165) is 26.1 Å². The Morgan fingerprint density at radius 2 is 1.79 bits per heavy atom. The van der Waals surface area contributed by atoms with E-state index in [9.17, 15) is 14.4 Å². The molecule has 3 rings (SSSR count). The van der Waals surface area contributed by atoms with Gasteiger partial charge < -0.3 is 20.4 Å². The standard InChI is InChI=1S/C21H30N4O3/c26-19(22-12-7-15-24-13-5-1-2-6-14-24)10-11-21(28)25-16-20(27)23-17-8-3-4-9-18(17)25/h3-4,8-9H,1-2,5-7,10-16H2,(H,22,26)(H,23,27). The normalized spacial score (nSPS) is 17.4. The van der Waals surface area contributed by atoms with Gasteiger partial charge in [-0.1, -0.05) is 25.0 Å². The molecule has 7 nitrogen and oxygen atoms in total. The quantitative estimate of drug-likeness (QED) is 0.704. The van der Waals surface area contributed by atoms with Crippen LogP contribution >= 0.6 is 0 Å². The van der Waals surface area contributed by atoms with Crippen molar-refractivity contribution in [3.63, 3.8) is 0 Å². The van der Waals surface area contributed by atoms with Crippen LogP contribution in [0.5, 0.6) is 0 Å². The lowest BCUT2D eigenvalue weighted by Crippen LogP contribution is -2.42. The Morgan fingerprint density at radius 1 is 1.04 bits per heavy atom. The van der Waals surface area contributed by atoms with Crippen molar-refractivity contribution in [1.82, 2.24) is 10.2 Å². The zero-order chi connectivity index (χ0) is 19.8. The molecule has 0 atom stereocenters. The molecule has 3 amide bonds. The number of likely N-dealkylation sites (tertiary alicyclic amines) is 1. The number of rotatable bonds is 7. The molecule has 1 aromatic carbocycles. The van der Waals surface area contributed by atoms with E-state index < -0.39 is 0 Å². The van der Waals surface area contributed by atoms with Crippen molar-refractivity contribution >= 4 is 29.1 Å². The monoisotopic (exact) mass is 386 g/mol. The van der Waals surface area contributed by atoms with Crippen LogP contribution in [-0.4, -0.2) is 55.3 Å². The van der Waals surface area contributed by atoms with Gasteiger partial charge in [-0.25, -0.2) is 0 Å². The van der Waals surface area contributed by atoms with Crippen molar-refractivity contribution in [2.45, 2.75) is 44.9 Å². The second kappa shape index (κ2) is 10.2. The second-order valence-corrected chi connectivity index (χ2v) is 7.50. The van der Waals surface area contributed by atoms with Crippen LogP contribution in [0.4, 0.5) is 11.4 Å². The maximum atomic E-state index is 12.5. The number of fused-ring (bicyclic) bond motifs is 1. The fourth-order valence-electron chi connectivity index (χ4n) is 3.79. The molecular formula is C21H30N4O3. The molecule has 0 unspecified atom stereocenters. The van der Waals surface area contributed by atoms with E-state index in [1.54, 1.807) is 12.1 Å². The second-order valence-electron chi connectivity index (χ2n) is 7.50. The maximum absolute atomic E-state index is 12.5. The first-order valence-electron chi connectivity index (χ1n) is 10.3. The van der Waals surface area contributed by atoms with Crippen LogP contribution in [0.3, 0.4) is 0 Å². The molecule has 7 heteroatoms. The molecule has 2 N–H and O–H groups in total. The molecule has 0 bridgehead atoms. The third kappa shape index (κ3) is 5.79. The fraction of sp³-hybridized carbons (Fsp3) is 0.571. The highest BCUT2D eigenvalue weighted by Gasteiger charge is 2.26. The first-order chi connectivity index (χ1) is 13.6. The minimum Gasteiger partial charge on any atom is -0.356 e. The Labute approximate surface area is 166 Å². The van der Waals surface area contributed by atoms with Gasteiger partial charge in [-0.05, 0) is 51.0 Å². The largest absolute Gasteiger partial charge is 0.356 e. The van der Waals surface area contributed by atoms with Gasteiger partial charge in [0.1, 0.15) is 6.54 Å². The summed E-state index contributed by atoms with van der Waals surface area (Å²) in [7, 11) is 0. The lowest BCUT2D eigenvalue weighted by molar-refractivity contribution is -0.125. The van der Waals surface area contributed by atoms with E-state index in [1.165, 1.54) is 30.6 Å². The van der Waals surface area contributed by atoms with Gasteiger partial charge in [0, 0.05) is 19.4 Å². The van der Waals surface area contributed by atoms with Crippen molar-refractivity contribution in [2.24, 2.45) is 0 Å². The summed E-state index contributed by atoms with van der Waals surface area (Å²) < 4.78 is 0. The Morgan fingerprint density at radius 3 is 2.57 bits per heavy atom. The number of nitrogens with zero attached hydrogens (tertiary/aromatic N) is 2. The van der Waals surface area contributed by atoms with E-state index >= 15 is 0 Å². The predicted octanol–water partition coefficient (Wildman–Crippen LogP) is 2.13. The van der Waals surface area contributed by atoms with Crippen LogP contribution in [0.25, 0.3) is 0 Å². The number of benzene rings is 1. The number of anilines is 2. The lowest BCUT2D eigenvalue weighted by Gasteiger charge is -2.29. The topological polar surface area (TPSA) is 81.8 Å². The highest BCUT2D eigenvalue weighted by Crippen LogP contribution is 2.29. The van der Waals surface area contributed by atoms with E-state index in [4.69, 9.17) is 0 Å². The molecular weight excluding hydrogens is 356 g/mol. The zero-order valence-electron chi connectivity index (χ0n) is 16.4.